The highest BCUT2D eigenvalue weighted by atomic mass is 35.5. The molecular weight excluding hydrogens is 425 g/mol. The lowest BCUT2D eigenvalue weighted by Gasteiger charge is -2.27. The maximum absolute atomic E-state index is 12.6. The average Bonchev–Trinajstić information content (AvgIpc) is 2.82. The first kappa shape index (κ1) is 22.6. The number of carbonyl (C=O) groups is 1. The second kappa shape index (κ2) is 10.8. The topological polar surface area (TPSA) is 38.3 Å². The molecule has 3 nitrogen and oxygen atoms in total. The predicted octanol–water partition coefficient (Wildman–Crippen LogP) is 1.73. The summed E-state index contributed by atoms with van der Waals surface area (Å²) in [6.45, 7) is 0. The zero-order valence-electron chi connectivity index (χ0n) is 16.9. The first-order valence-corrected chi connectivity index (χ1v) is 11.8. The second-order valence-electron chi connectivity index (χ2n) is 6.85. The highest BCUT2D eigenvalue weighted by Crippen LogP contribution is 2.54. The molecule has 0 aliphatic rings. The van der Waals surface area contributed by atoms with Gasteiger partial charge in [-0.3, -0.25) is 5.32 Å². The van der Waals surface area contributed by atoms with E-state index in [1.807, 2.05) is 36.4 Å². The van der Waals surface area contributed by atoms with E-state index in [1.165, 1.54) is 15.9 Å². The Kier molecular flexibility index (Phi) is 7.83. The number of hydrogen-bond acceptors (Lipinski definition) is 2. The van der Waals surface area contributed by atoms with Crippen LogP contribution in [0.2, 0.25) is 0 Å². The summed E-state index contributed by atoms with van der Waals surface area (Å²) in [5, 5.41) is 6.69. The van der Waals surface area contributed by atoms with Crippen molar-refractivity contribution in [1.82, 2.24) is 5.32 Å². The monoisotopic (exact) mass is 447 g/mol. The van der Waals surface area contributed by atoms with E-state index >= 15 is 0 Å². The number of rotatable bonds is 6. The zero-order chi connectivity index (χ0) is 20.7. The predicted molar refractivity (Wildman–Crippen MR) is 126 cm³/mol. The van der Waals surface area contributed by atoms with Gasteiger partial charge in [0.15, 0.2) is 0 Å². The Hall–Kier alpha value is -3.13. The summed E-state index contributed by atoms with van der Waals surface area (Å²) in [5.41, 5.74) is 0. The van der Waals surface area contributed by atoms with Crippen LogP contribution in [0.15, 0.2) is 121 Å². The van der Waals surface area contributed by atoms with Gasteiger partial charge in [0, 0.05) is 0 Å². The van der Waals surface area contributed by atoms with Crippen molar-refractivity contribution < 1.29 is 21.9 Å². The van der Waals surface area contributed by atoms with Crippen molar-refractivity contribution in [3.8, 4) is 5.75 Å². The standard InChI is InChI=1S/C26H22NO2P.ClH/c28-26(29-22-13-5-1-6-14-22)27-21-30(23-15-7-2-8-16-23,24-17-9-3-10-18-24)25-19-11-4-12-20-25;/h1-20H,21H2;1H. The summed E-state index contributed by atoms with van der Waals surface area (Å²) in [5.74, 6) is 0.526. The van der Waals surface area contributed by atoms with E-state index in [4.69, 9.17) is 4.74 Å². The highest BCUT2D eigenvalue weighted by molar-refractivity contribution is 7.95. The number of amides is 1. The zero-order valence-corrected chi connectivity index (χ0v) is 18.5. The van der Waals surface area contributed by atoms with Gasteiger partial charge in [-0.25, -0.2) is 4.79 Å². The molecule has 0 aliphatic heterocycles. The summed E-state index contributed by atoms with van der Waals surface area (Å²) in [7, 11) is -2.12. The van der Waals surface area contributed by atoms with Gasteiger partial charge in [0.2, 0.25) is 0 Å². The first-order valence-electron chi connectivity index (χ1n) is 9.85. The number of hydrogen-bond donors (Lipinski definition) is 1. The van der Waals surface area contributed by atoms with E-state index in [0.717, 1.165) is 0 Å². The minimum atomic E-state index is -2.12. The van der Waals surface area contributed by atoms with Gasteiger partial charge in [0.1, 0.15) is 35.2 Å². The number of para-hydroxylation sites is 1. The molecule has 0 heterocycles. The molecule has 0 unspecified atom stereocenters. The molecule has 4 aromatic rings. The Morgan fingerprint density at radius 1 is 0.613 bits per heavy atom. The smallest absolute Gasteiger partial charge is 0.415 e. The molecule has 0 fully saturated rings. The Morgan fingerprint density at radius 3 is 1.35 bits per heavy atom. The number of carbonyl (C=O) groups excluding carboxylic acids is 1. The molecule has 0 aromatic heterocycles. The van der Waals surface area contributed by atoms with Crippen molar-refractivity contribution in [2.75, 3.05) is 6.29 Å². The molecule has 4 aromatic carbocycles. The molecule has 0 bridgehead atoms. The molecule has 156 valence electrons. The van der Waals surface area contributed by atoms with Crippen molar-refractivity contribution >= 4 is 29.3 Å². The van der Waals surface area contributed by atoms with Crippen LogP contribution in [0, 0.1) is 0 Å². The summed E-state index contributed by atoms with van der Waals surface area (Å²) in [6, 6.07) is 40.4. The number of nitrogens with one attached hydrogen (secondary N) is 1. The van der Waals surface area contributed by atoms with E-state index < -0.39 is 13.4 Å². The fourth-order valence-corrected chi connectivity index (χ4v) is 7.43. The number of halogens is 1. The second-order valence-corrected chi connectivity index (χ2v) is 10.3. The molecule has 1 amide bonds. The lowest BCUT2D eigenvalue weighted by Crippen LogP contribution is -3.00. The number of benzene rings is 4. The van der Waals surface area contributed by atoms with E-state index in [1.54, 1.807) is 12.1 Å². The van der Waals surface area contributed by atoms with Gasteiger partial charge >= 0.3 is 6.09 Å². The van der Waals surface area contributed by atoms with Crippen LogP contribution in [0.5, 0.6) is 5.75 Å². The lowest BCUT2D eigenvalue weighted by molar-refractivity contribution is -0.0000108. The number of ether oxygens (including phenoxy) is 1. The summed E-state index contributed by atoms with van der Waals surface area (Å²) < 4.78 is 5.49. The Labute approximate surface area is 189 Å². The Bertz CT molecular complexity index is 981. The maximum Gasteiger partial charge on any atom is 0.415 e. The molecule has 4 rings (SSSR count). The quantitative estimate of drug-likeness (QED) is 0.457. The molecule has 0 saturated carbocycles. The van der Waals surface area contributed by atoms with Crippen molar-refractivity contribution in [2.45, 2.75) is 0 Å². The first-order chi connectivity index (χ1) is 14.8. The van der Waals surface area contributed by atoms with Gasteiger partial charge < -0.3 is 17.1 Å². The Balaban J connectivity index is 0.00000272. The van der Waals surface area contributed by atoms with Gasteiger partial charge in [0.25, 0.3) is 0 Å². The van der Waals surface area contributed by atoms with Crippen molar-refractivity contribution in [1.29, 1.82) is 0 Å². The molecular formula is C26H23ClNO2P. The molecule has 0 saturated heterocycles. The minimum absolute atomic E-state index is 0. The van der Waals surface area contributed by atoms with Gasteiger partial charge in [-0.1, -0.05) is 72.8 Å². The van der Waals surface area contributed by atoms with Crippen molar-refractivity contribution in [3.05, 3.63) is 121 Å². The van der Waals surface area contributed by atoms with Crippen molar-refractivity contribution in [2.24, 2.45) is 0 Å². The summed E-state index contributed by atoms with van der Waals surface area (Å²) >= 11 is 0. The fraction of sp³-hybridized carbons (Fsp3) is 0.0385. The fourth-order valence-electron chi connectivity index (χ4n) is 3.58. The van der Waals surface area contributed by atoms with Crippen molar-refractivity contribution in [3.63, 3.8) is 0 Å². The maximum atomic E-state index is 12.6. The van der Waals surface area contributed by atoms with Crippen LogP contribution in [-0.2, 0) is 0 Å². The highest BCUT2D eigenvalue weighted by Gasteiger charge is 2.45. The molecule has 0 radical (unpaired) electrons. The van der Waals surface area contributed by atoms with Crippen LogP contribution in [0.4, 0.5) is 4.79 Å². The van der Waals surface area contributed by atoms with E-state index in [-0.39, 0.29) is 12.4 Å². The summed E-state index contributed by atoms with van der Waals surface area (Å²) in [4.78, 5) is 12.6. The molecule has 0 atom stereocenters. The van der Waals surface area contributed by atoms with Gasteiger partial charge in [-0.2, -0.15) is 0 Å². The van der Waals surface area contributed by atoms with Crippen LogP contribution in [0.1, 0.15) is 0 Å². The molecule has 0 spiro atoms. The Morgan fingerprint density at radius 2 is 0.968 bits per heavy atom. The van der Waals surface area contributed by atoms with Gasteiger partial charge in [0.05, 0.1) is 0 Å². The molecule has 31 heavy (non-hydrogen) atoms. The molecule has 1 N–H and O–H groups in total. The minimum Gasteiger partial charge on any atom is -1.00 e. The van der Waals surface area contributed by atoms with Crippen LogP contribution in [-0.4, -0.2) is 12.4 Å². The van der Waals surface area contributed by atoms with Crippen LogP contribution in [0.25, 0.3) is 0 Å². The van der Waals surface area contributed by atoms with E-state index in [2.05, 4.69) is 78.1 Å². The van der Waals surface area contributed by atoms with E-state index in [0.29, 0.717) is 12.0 Å². The van der Waals surface area contributed by atoms with Crippen LogP contribution >= 0.6 is 7.26 Å². The third kappa shape index (κ3) is 5.14. The lowest BCUT2D eigenvalue weighted by atomic mass is 10.3. The largest absolute Gasteiger partial charge is 1.00 e. The van der Waals surface area contributed by atoms with Crippen LogP contribution < -0.4 is 38.4 Å². The third-order valence-corrected chi connectivity index (χ3v) is 9.18. The molecule has 5 heteroatoms. The molecule has 0 aliphatic carbocycles. The van der Waals surface area contributed by atoms with Gasteiger partial charge in [-0.05, 0) is 48.5 Å². The normalized spacial score (nSPS) is 10.6. The van der Waals surface area contributed by atoms with Crippen LogP contribution in [0.3, 0.4) is 0 Å². The summed E-state index contributed by atoms with van der Waals surface area (Å²) in [6.07, 6.45) is 0.0184. The average molecular weight is 448 g/mol. The van der Waals surface area contributed by atoms with E-state index in [9.17, 15) is 4.79 Å². The van der Waals surface area contributed by atoms with Gasteiger partial charge in [-0.15, -0.1) is 0 Å². The third-order valence-electron chi connectivity index (χ3n) is 5.01. The SMILES string of the molecule is O=C(NC[P+](c1ccccc1)(c1ccccc1)c1ccccc1)Oc1ccccc1.[Cl-].